The molecule has 106 valence electrons. The van der Waals surface area contributed by atoms with Crippen molar-refractivity contribution in [1.82, 2.24) is 15.0 Å². The highest BCUT2D eigenvalue weighted by Crippen LogP contribution is 2.29. The lowest BCUT2D eigenvalue weighted by atomic mass is 10.2. The maximum absolute atomic E-state index is 12.6. The minimum Gasteiger partial charge on any atom is -0.368 e. The van der Waals surface area contributed by atoms with E-state index in [0.717, 1.165) is 17.3 Å². The van der Waals surface area contributed by atoms with Gasteiger partial charge in [0.2, 0.25) is 5.95 Å². The van der Waals surface area contributed by atoms with Gasteiger partial charge in [-0.15, -0.1) is 0 Å². The Morgan fingerprint density at radius 1 is 1.30 bits per heavy atom. The molecule has 0 amide bonds. The monoisotopic (exact) mass is 283 g/mol. The van der Waals surface area contributed by atoms with E-state index in [1.54, 1.807) is 12.3 Å². The van der Waals surface area contributed by atoms with Crippen molar-refractivity contribution in [3.63, 3.8) is 0 Å². The number of anilines is 2. The summed E-state index contributed by atoms with van der Waals surface area (Å²) in [6, 6.07) is 4.46. The normalized spacial score (nSPS) is 11.4. The van der Waals surface area contributed by atoms with E-state index in [-0.39, 0.29) is 12.4 Å². The Balaban J connectivity index is 2.18. The molecule has 3 N–H and O–H groups in total. The van der Waals surface area contributed by atoms with Gasteiger partial charge in [0.25, 0.3) is 0 Å². The van der Waals surface area contributed by atoms with E-state index in [9.17, 15) is 13.2 Å². The van der Waals surface area contributed by atoms with Gasteiger partial charge in [-0.3, -0.25) is 4.98 Å². The molecular weight excluding hydrogens is 271 g/mol. The molecular formula is C12H12F3N5. The molecule has 0 aliphatic rings. The fraction of sp³-hybridized carbons (Fsp3) is 0.250. The van der Waals surface area contributed by atoms with Crippen LogP contribution in [-0.4, -0.2) is 15.0 Å². The number of nitrogens with one attached hydrogen (secondary N) is 1. The van der Waals surface area contributed by atoms with Crippen molar-refractivity contribution in [3.8, 4) is 0 Å². The summed E-state index contributed by atoms with van der Waals surface area (Å²) in [6.07, 6.45) is -2.95. The summed E-state index contributed by atoms with van der Waals surface area (Å²) >= 11 is 0. The number of nitrogens with zero attached hydrogens (tertiary/aromatic N) is 3. The summed E-state index contributed by atoms with van der Waals surface area (Å²) in [4.78, 5) is 11.0. The summed E-state index contributed by atoms with van der Waals surface area (Å²) in [5.41, 5.74) is 5.85. The topological polar surface area (TPSA) is 76.7 Å². The number of rotatable bonds is 3. The van der Waals surface area contributed by atoms with Crippen LogP contribution in [0.1, 0.15) is 17.0 Å². The summed E-state index contributed by atoms with van der Waals surface area (Å²) in [6.45, 7) is 2.11. The number of nitrogens with two attached hydrogens (primary N) is 1. The number of alkyl halides is 3. The van der Waals surface area contributed by atoms with Crippen LogP contribution in [0.25, 0.3) is 0 Å². The van der Waals surface area contributed by atoms with Gasteiger partial charge >= 0.3 is 6.18 Å². The van der Waals surface area contributed by atoms with Crippen LogP contribution >= 0.6 is 0 Å². The maximum Gasteiger partial charge on any atom is 0.433 e. The third-order valence-corrected chi connectivity index (χ3v) is 2.59. The molecule has 0 atom stereocenters. The van der Waals surface area contributed by atoms with Crippen LogP contribution < -0.4 is 11.1 Å². The summed E-state index contributed by atoms with van der Waals surface area (Å²) in [5.74, 6) is -0.421. The lowest BCUT2D eigenvalue weighted by Gasteiger charge is -2.10. The standard InChI is InChI=1S/C12H12F3N5/c1-7-3-2-4-17-8(7)6-18-10-5-9(12(13,14)15)19-11(16)20-10/h2-5H,6H2,1H3,(H3,16,18,19,20). The Hall–Kier alpha value is -2.38. The molecule has 20 heavy (non-hydrogen) atoms. The van der Waals surface area contributed by atoms with Gasteiger partial charge in [-0.25, -0.2) is 4.98 Å². The Morgan fingerprint density at radius 3 is 2.70 bits per heavy atom. The van der Waals surface area contributed by atoms with Crippen LogP contribution in [0.2, 0.25) is 0 Å². The van der Waals surface area contributed by atoms with Crippen molar-refractivity contribution in [3.05, 3.63) is 41.3 Å². The molecule has 0 unspecified atom stereocenters. The molecule has 5 nitrogen and oxygen atoms in total. The number of hydrogen-bond donors (Lipinski definition) is 2. The van der Waals surface area contributed by atoms with Crippen LogP contribution in [0.5, 0.6) is 0 Å². The van der Waals surface area contributed by atoms with Gasteiger partial charge in [-0.05, 0) is 18.6 Å². The van der Waals surface area contributed by atoms with E-state index >= 15 is 0 Å². The fourth-order valence-corrected chi connectivity index (χ4v) is 1.58. The zero-order chi connectivity index (χ0) is 14.8. The number of aromatic nitrogens is 3. The molecule has 8 heteroatoms. The Kier molecular flexibility index (Phi) is 3.73. The van der Waals surface area contributed by atoms with Crippen molar-refractivity contribution in [1.29, 1.82) is 0 Å². The van der Waals surface area contributed by atoms with E-state index in [1.807, 2.05) is 13.0 Å². The number of halogens is 3. The van der Waals surface area contributed by atoms with Crippen molar-refractivity contribution < 1.29 is 13.2 Å². The molecule has 0 fully saturated rings. The lowest BCUT2D eigenvalue weighted by molar-refractivity contribution is -0.141. The number of pyridine rings is 1. The highest BCUT2D eigenvalue weighted by molar-refractivity contribution is 5.42. The highest BCUT2D eigenvalue weighted by atomic mass is 19.4. The predicted molar refractivity (Wildman–Crippen MR) is 67.7 cm³/mol. The first-order valence-electron chi connectivity index (χ1n) is 5.72. The first-order chi connectivity index (χ1) is 9.36. The maximum atomic E-state index is 12.6. The third-order valence-electron chi connectivity index (χ3n) is 2.59. The number of aryl methyl sites for hydroxylation is 1. The molecule has 0 radical (unpaired) electrons. The second-order valence-electron chi connectivity index (χ2n) is 4.11. The highest BCUT2D eigenvalue weighted by Gasteiger charge is 2.33. The van der Waals surface area contributed by atoms with Gasteiger partial charge in [0, 0.05) is 12.3 Å². The molecule has 0 bridgehead atoms. The molecule has 0 aliphatic heterocycles. The van der Waals surface area contributed by atoms with E-state index in [0.29, 0.717) is 0 Å². The van der Waals surface area contributed by atoms with Gasteiger partial charge in [0.05, 0.1) is 12.2 Å². The zero-order valence-corrected chi connectivity index (χ0v) is 10.6. The SMILES string of the molecule is Cc1cccnc1CNc1cc(C(F)(F)F)nc(N)n1. The van der Waals surface area contributed by atoms with Crippen molar-refractivity contribution in [2.75, 3.05) is 11.1 Å². The summed E-state index contributed by atoms with van der Waals surface area (Å²) in [5, 5.41) is 2.76. The Bertz CT molecular complexity index is 612. The van der Waals surface area contributed by atoms with Gasteiger partial charge in [-0.2, -0.15) is 18.2 Å². The average Bonchev–Trinajstić information content (AvgIpc) is 2.36. The van der Waals surface area contributed by atoms with Gasteiger partial charge in [-0.1, -0.05) is 6.07 Å². The molecule has 0 aromatic carbocycles. The Labute approximate surface area is 113 Å². The van der Waals surface area contributed by atoms with Crippen LogP contribution in [0.15, 0.2) is 24.4 Å². The quantitative estimate of drug-likeness (QED) is 0.904. The number of nitrogen functional groups attached to an aromatic ring is 1. The predicted octanol–water partition coefficient (Wildman–Crippen LogP) is 2.39. The zero-order valence-electron chi connectivity index (χ0n) is 10.6. The molecule has 2 aromatic rings. The van der Waals surface area contributed by atoms with E-state index in [1.165, 1.54) is 0 Å². The van der Waals surface area contributed by atoms with Gasteiger partial charge in [0.1, 0.15) is 5.82 Å². The van der Waals surface area contributed by atoms with Crippen LogP contribution in [0, 0.1) is 6.92 Å². The van der Waals surface area contributed by atoms with Crippen molar-refractivity contribution in [2.24, 2.45) is 0 Å². The molecule has 0 saturated heterocycles. The van der Waals surface area contributed by atoms with Crippen molar-refractivity contribution in [2.45, 2.75) is 19.6 Å². The van der Waals surface area contributed by atoms with Crippen molar-refractivity contribution >= 4 is 11.8 Å². The minimum absolute atomic E-state index is 0.00915. The average molecular weight is 283 g/mol. The molecule has 0 aliphatic carbocycles. The second kappa shape index (κ2) is 5.32. The van der Waals surface area contributed by atoms with E-state index in [2.05, 4.69) is 20.3 Å². The molecule has 0 spiro atoms. The summed E-state index contributed by atoms with van der Waals surface area (Å²) in [7, 11) is 0. The van der Waals surface area contributed by atoms with Crippen LogP contribution in [0.4, 0.5) is 24.9 Å². The fourth-order valence-electron chi connectivity index (χ4n) is 1.58. The molecule has 2 heterocycles. The minimum atomic E-state index is -4.56. The van der Waals surface area contributed by atoms with Gasteiger partial charge in [0.15, 0.2) is 5.69 Å². The van der Waals surface area contributed by atoms with Gasteiger partial charge < -0.3 is 11.1 Å². The molecule has 2 aromatic heterocycles. The summed E-state index contributed by atoms with van der Waals surface area (Å²) < 4.78 is 37.8. The van der Waals surface area contributed by atoms with E-state index < -0.39 is 17.8 Å². The Morgan fingerprint density at radius 2 is 2.05 bits per heavy atom. The smallest absolute Gasteiger partial charge is 0.368 e. The molecule has 0 saturated carbocycles. The number of hydrogen-bond acceptors (Lipinski definition) is 5. The lowest BCUT2D eigenvalue weighted by Crippen LogP contribution is -2.13. The van der Waals surface area contributed by atoms with Crippen LogP contribution in [-0.2, 0) is 12.7 Å². The first-order valence-corrected chi connectivity index (χ1v) is 5.72. The largest absolute Gasteiger partial charge is 0.433 e. The first kappa shape index (κ1) is 14.0. The van der Waals surface area contributed by atoms with Crippen LogP contribution in [0.3, 0.4) is 0 Å². The third kappa shape index (κ3) is 3.34. The second-order valence-corrected chi connectivity index (χ2v) is 4.11. The van der Waals surface area contributed by atoms with E-state index in [4.69, 9.17) is 5.73 Å². The molecule has 2 rings (SSSR count).